The molecule has 0 saturated heterocycles. The molecule has 26 heavy (non-hydrogen) atoms. The minimum absolute atomic E-state index is 0.0445. The van der Waals surface area contributed by atoms with E-state index in [0.29, 0.717) is 6.54 Å². The number of thioether (sulfide) groups is 1. The molecule has 0 radical (unpaired) electrons. The number of nitrogens with one attached hydrogen (secondary N) is 1. The van der Waals surface area contributed by atoms with E-state index in [1.54, 1.807) is 4.90 Å². The number of carbonyl (C=O) groups is 1. The molecule has 1 N–H and O–H groups in total. The van der Waals surface area contributed by atoms with Gasteiger partial charge in [-0.2, -0.15) is 5.26 Å². The molecule has 0 fully saturated rings. The van der Waals surface area contributed by atoms with Gasteiger partial charge < -0.3 is 10.2 Å². The van der Waals surface area contributed by atoms with Gasteiger partial charge in [0.25, 0.3) is 0 Å². The summed E-state index contributed by atoms with van der Waals surface area (Å²) in [7, 11) is 0. The lowest BCUT2D eigenvalue weighted by molar-refractivity contribution is -0.117. The van der Waals surface area contributed by atoms with Gasteiger partial charge in [0.15, 0.2) is 4.34 Å². The van der Waals surface area contributed by atoms with Gasteiger partial charge in [-0.15, -0.1) is 10.2 Å². The first kappa shape index (κ1) is 20.2. The number of anilines is 2. The Balaban J connectivity index is 2.08. The highest BCUT2D eigenvalue weighted by Gasteiger charge is 2.24. The second-order valence-corrected chi connectivity index (χ2v) is 9.31. The van der Waals surface area contributed by atoms with E-state index in [1.807, 2.05) is 37.3 Å². The number of carbonyl (C=O) groups excluding carboxylic acids is 1. The summed E-state index contributed by atoms with van der Waals surface area (Å²) in [5, 5.41) is 20.9. The molecule has 1 amide bonds. The predicted octanol–water partition coefficient (Wildman–Crippen LogP) is 4.18. The number of rotatable bonds is 7. The van der Waals surface area contributed by atoms with Gasteiger partial charge in [-0.3, -0.25) is 4.79 Å². The number of aromatic nitrogens is 2. The Kier molecular flexibility index (Phi) is 7.00. The SMILES string of the molecule is C[C@@H](Sc1nnc(NC(C)(C)C)s1)C(=O)N(CCC#N)c1ccccc1. The van der Waals surface area contributed by atoms with E-state index in [9.17, 15) is 4.79 Å². The third kappa shape index (κ3) is 6.00. The number of para-hydroxylation sites is 1. The summed E-state index contributed by atoms with van der Waals surface area (Å²) in [5.74, 6) is -0.0445. The van der Waals surface area contributed by atoms with Crippen molar-refractivity contribution in [3.63, 3.8) is 0 Å². The molecule has 0 unspecified atom stereocenters. The van der Waals surface area contributed by atoms with Crippen LogP contribution in [0.1, 0.15) is 34.1 Å². The highest BCUT2D eigenvalue weighted by atomic mass is 32.2. The molecular formula is C18H23N5OS2. The van der Waals surface area contributed by atoms with Crippen LogP contribution in [0.25, 0.3) is 0 Å². The van der Waals surface area contributed by atoms with Crippen molar-refractivity contribution < 1.29 is 4.79 Å². The standard InChI is InChI=1S/C18H23N5OS2/c1-13(25-17-22-21-16(26-17)20-18(2,3)4)15(24)23(12-8-11-19)14-9-6-5-7-10-14/h5-7,9-10,13H,8,12H2,1-4H3,(H,20,21)/t13-/m1/s1. The van der Waals surface area contributed by atoms with Crippen LogP contribution in [0.4, 0.5) is 10.8 Å². The van der Waals surface area contributed by atoms with Crippen LogP contribution in [0, 0.1) is 11.3 Å². The Morgan fingerprint density at radius 3 is 2.65 bits per heavy atom. The van der Waals surface area contributed by atoms with Gasteiger partial charge in [0.2, 0.25) is 11.0 Å². The van der Waals surface area contributed by atoms with Crippen LogP contribution in [0.5, 0.6) is 0 Å². The molecule has 2 aromatic rings. The summed E-state index contributed by atoms with van der Waals surface area (Å²) in [6, 6.07) is 11.5. The molecule has 0 aliphatic carbocycles. The molecule has 1 atom stereocenters. The minimum Gasteiger partial charge on any atom is -0.355 e. The van der Waals surface area contributed by atoms with E-state index in [0.717, 1.165) is 15.2 Å². The van der Waals surface area contributed by atoms with Gasteiger partial charge in [0.05, 0.1) is 17.7 Å². The first-order valence-corrected chi connectivity index (χ1v) is 10.0. The summed E-state index contributed by atoms with van der Waals surface area (Å²) in [4.78, 5) is 14.6. The summed E-state index contributed by atoms with van der Waals surface area (Å²) in [6.45, 7) is 8.39. The van der Waals surface area contributed by atoms with Crippen molar-refractivity contribution in [1.29, 1.82) is 5.26 Å². The molecule has 6 nitrogen and oxygen atoms in total. The average molecular weight is 390 g/mol. The van der Waals surface area contributed by atoms with Crippen LogP contribution in [0.15, 0.2) is 34.7 Å². The highest BCUT2D eigenvalue weighted by molar-refractivity contribution is 8.02. The lowest BCUT2D eigenvalue weighted by Gasteiger charge is -2.24. The molecule has 1 heterocycles. The fourth-order valence-corrected chi connectivity index (χ4v) is 4.35. The van der Waals surface area contributed by atoms with Gasteiger partial charge >= 0.3 is 0 Å². The molecule has 0 bridgehead atoms. The third-order valence-electron chi connectivity index (χ3n) is 3.29. The topological polar surface area (TPSA) is 81.9 Å². The number of hydrogen-bond donors (Lipinski definition) is 1. The second-order valence-electron chi connectivity index (χ2n) is 6.74. The van der Waals surface area contributed by atoms with Crippen molar-refractivity contribution in [3.05, 3.63) is 30.3 Å². The smallest absolute Gasteiger partial charge is 0.240 e. The molecule has 0 aliphatic rings. The first-order chi connectivity index (χ1) is 12.3. The summed E-state index contributed by atoms with van der Waals surface area (Å²) in [5.41, 5.74) is 0.706. The second kappa shape index (κ2) is 9.01. The molecule has 0 saturated carbocycles. The van der Waals surface area contributed by atoms with Gasteiger partial charge in [-0.1, -0.05) is 41.3 Å². The van der Waals surface area contributed by atoms with Crippen molar-refractivity contribution in [2.24, 2.45) is 0 Å². The zero-order valence-corrected chi connectivity index (χ0v) is 17.0. The van der Waals surface area contributed by atoms with Crippen LogP contribution in [-0.4, -0.2) is 33.4 Å². The molecule has 0 aliphatic heterocycles. The Labute approximate surface area is 162 Å². The fourth-order valence-electron chi connectivity index (χ4n) is 2.19. The lowest BCUT2D eigenvalue weighted by Crippen LogP contribution is -2.37. The van der Waals surface area contributed by atoms with Crippen molar-refractivity contribution in [1.82, 2.24) is 10.2 Å². The average Bonchev–Trinajstić information content (AvgIpc) is 3.00. The maximum absolute atomic E-state index is 12.9. The van der Waals surface area contributed by atoms with Crippen LogP contribution >= 0.6 is 23.1 Å². The van der Waals surface area contributed by atoms with Gasteiger partial charge in [0.1, 0.15) is 0 Å². The minimum atomic E-state index is -0.329. The zero-order valence-electron chi connectivity index (χ0n) is 15.4. The Hall–Kier alpha value is -2.11. The Morgan fingerprint density at radius 1 is 1.35 bits per heavy atom. The summed E-state index contributed by atoms with van der Waals surface area (Å²) >= 11 is 2.82. The predicted molar refractivity (Wildman–Crippen MR) is 108 cm³/mol. The lowest BCUT2D eigenvalue weighted by atomic mass is 10.1. The number of nitrogens with zero attached hydrogens (tertiary/aromatic N) is 4. The van der Waals surface area contributed by atoms with E-state index in [1.165, 1.54) is 23.1 Å². The van der Waals surface area contributed by atoms with Crippen molar-refractivity contribution in [3.8, 4) is 6.07 Å². The van der Waals surface area contributed by atoms with Crippen molar-refractivity contribution in [2.75, 3.05) is 16.8 Å². The largest absolute Gasteiger partial charge is 0.355 e. The highest BCUT2D eigenvalue weighted by Crippen LogP contribution is 2.31. The van der Waals surface area contributed by atoms with Gasteiger partial charge in [0, 0.05) is 17.8 Å². The number of hydrogen-bond acceptors (Lipinski definition) is 7. The number of amides is 1. The molecule has 8 heteroatoms. The Morgan fingerprint density at radius 2 is 2.04 bits per heavy atom. The molecule has 0 spiro atoms. The van der Waals surface area contributed by atoms with Crippen LogP contribution < -0.4 is 10.2 Å². The van der Waals surface area contributed by atoms with E-state index in [4.69, 9.17) is 5.26 Å². The van der Waals surface area contributed by atoms with E-state index in [-0.39, 0.29) is 23.1 Å². The quantitative estimate of drug-likeness (QED) is 0.716. The molecule has 2 rings (SSSR count). The summed E-state index contributed by atoms with van der Waals surface area (Å²) < 4.78 is 0.742. The maximum atomic E-state index is 12.9. The van der Waals surface area contributed by atoms with Crippen molar-refractivity contribution >= 4 is 39.8 Å². The van der Waals surface area contributed by atoms with Gasteiger partial charge in [-0.05, 0) is 39.8 Å². The van der Waals surface area contributed by atoms with E-state index >= 15 is 0 Å². The molecule has 1 aromatic heterocycles. The van der Waals surface area contributed by atoms with Crippen LogP contribution in [0.2, 0.25) is 0 Å². The Bertz CT molecular complexity index is 764. The van der Waals surface area contributed by atoms with E-state index in [2.05, 4.69) is 42.4 Å². The maximum Gasteiger partial charge on any atom is 0.240 e. The first-order valence-electron chi connectivity index (χ1n) is 8.32. The molecular weight excluding hydrogens is 366 g/mol. The fraction of sp³-hybridized carbons (Fsp3) is 0.444. The number of benzene rings is 1. The zero-order chi connectivity index (χ0) is 19.2. The van der Waals surface area contributed by atoms with Crippen LogP contribution in [0.3, 0.4) is 0 Å². The van der Waals surface area contributed by atoms with E-state index < -0.39 is 0 Å². The normalized spacial score (nSPS) is 12.3. The number of nitriles is 1. The van der Waals surface area contributed by atoms with Gasteiger partial charge in [-0.25, -0.2) is 0 Å². The van der Waals surface area contributed by atoms with Crippen LogP contribution in [-0.2, 0) is 4.79 Å². The monoisotopic (exact) mass is 389 g/mol. The molecule has 1 aromatic carbocycles. The summed E-state index contributed by atoms with van der Waals surface area (Å²) in [6.07, 6.45) is 0.288. The third-order valence-corrected chi connectivity index (χ3v) is 5.31. The molecule has 138 valence electrons. The van der Waals surface area contributed by atoms with Crippen molar-refractivity contribution in [2.45, 2.75) is 49.2 Å².